The molecule has 1 aromatic carbocycles. The highest BCUT2D eigenvalue weighted by molar-refractivity contribution is 5.75. The van der Waals surface area contributed by atoms with Crippen LogP contribution in [0.2, 0.25) is 0 Å². The highest BCUT2D eigenvalue weighted by Crippen LogP contribution is 2.41. The molecule has 0 aromatic heterocycles. The molecule has 1 saturated carbocycles. The molecule has 1 aliphatic carbocycles. The van der Waals surface area contributed by atoms with Crippen LogP contribution in [0.5, 0.6) is 0 Å². The lowest BCUT2D eigenvalue weighted by Crippen LogP contribution is -2.46. The molecule has 1 aromatic rings. The zero-order valence-electron chi connectivity index (χ0n) is 12.7. The van der Waals surface area contributed by atoms with E-state index in [4.69, 9.17) is 5.11 Å². The Balaban J connectivity index is 1.62. The zero-order valence-corrected chi connectivity index (χ0v) is 12.7. The van der Waals surface area contributed by atoms with Gasteiger partial charge in [0.2, 0.25) is 0 Å². The van der Waals surface area contributed by atoms with Crippen molar-refractivity contribution in [1.82, 2.24) is 10.2 Å². The van der Waals surface area contributed by atoms with Crippen molar-refractivity contribution in [2.45, 2.75) is 31.7 Å². The lowest BCUT2D eigenvalue weighted by Gasteiger charge is -2.32. The minimum Gasteiger partial charge on any atom is -0.396 e. The molecule has 120 valence electrons. The summed E-state index contributed by atoms with van der Waals surface area (Å²) in [5.74, 6) is 0.528. The van der Waals surface area contributed by atoms with Crippen molar-refractivity contribution < 1.29 is 14.3 Å². The van der Waals surface area contributed by atoms with Gasteiger partial charge in [-0.2, -0.15) is 0 Å². The second kappa shape index (κ2) is 6.65. The molecule has 1 saturated heterocycles. The first kappa shape index (κ1) is 15.3. The van der Waals surface area contributed by atoms with Gasteiger partial charge in [0.25, 0.3) is 0 Å². The van der Waals surface area contributed by atoms with Crippen LogP contribution in [0.4, 0.5) is 9.18 Å². The number of nitrogens with one attached hydrogen (secondary N) is 1. The summed E-state index contributed by atoms with van der Waals surface area (Å²) in [6.07, 6.45) is 3.92. The number of rotatable bonds is 4. The van der Waals surface area contributed by atoms with Crippen LogP contribution in [-0.2, 0) is 0 Å². The third-order valence-corrected chi connectivity index (χ3v) is 4.76. The Labute approximate surface area is 130 Å². The number of piperidine rings is 1. The summed E-state index contributed by atoms with van der Waals surface area (Å²) < 4.78 is 13.1. The maximum atomic E-state index is 13.1. The maximum absolute atomic E-state index is 13.1. The number of likely N-dealkylation sites (tertiary alicyclic amines) is 1. The van der Waals surface area contributed by atoms with Gasteiger partial charge in [-0.05, 0) is 55.2 Å². The van der Waals surface area contributed by atoms with Gasteiger partial charge in [-0.15, -0.1) is 0 Å². The van der Waals surface area contributed by atoms with Crippen molar-refractivity contribution in [3.8, 4) is 0 Å². The second-order valence-electron chi connectivity index (χ2n) is 6.43. The molecule has 1 unspecified atom stereocenters. The molecule has 1 heterocycles. The number of halogens is 1. The Hall–Kier alpha value is -1.62. The van der Waals surface area contributed by atoms with Crippen LogP contribution in [0.1, 0.15) is 37.3 Å². The zero-order chi connectivity index (χ0) is 15.5. The lowest BCUT2D eigenvalue weighted by atomic mass is 9.98. The van der Waals surface area contributed by atoms with Gasteiger partial charge in [0.1, 0.15) is 5.82 Å². The highest BCUT2D eigenvalue weighted by Gasteiger charge is 2.34. The minimum atomic E-state index is -0.254. The van der Waals surface area contributed by atoms with E-state index in [1.54, 1.807) is 12.1 Å². The molecular formula is C17H23FN2O2. The summed E-state index contributed by atoms with van der Waals surface area (Å²) in [6.45, 7) is 1.59. The summed E-state index contributed by atoms with van der Waals surface area (Å²) in [7, 11) is 0. The molecule has 2 amide bonds. The van der Waals surface area contributed by atoms with Crippen LogP contribution in [0.25, 0.3) is 0 Å². The molecule has 0 spiro atoms. The monoisotopic (exact) mass is 306 g/mol. The third kappa shape index (κ3) is 3.58. The molecule has 1 atom stereocenters. The van der Waals surface area contributed by atoms with E-state index in [0.717, 1.165) is 31.2 Å². The van der Waals surface area contributed by atoms with Crippen LogP contribution in [0, 0.1) is 17.7 Å². The number of amides is 2. The second-order valence-corrected chi connectivity index (χ2v) is 6.43. The number of hydrogen-bond acceptors (Lipinski definition) is 2. The van der Waals surface area contributed by atoms with Gasteiger partial charge in [0.05, 0.1) is 6.04 Å². The summed E-state index contributed by atoms with van der Waals surface area (Å²) >= 11 is 0. The van der Waals surface area contributed by atoms with Crippen molar-refractivity contribution in [2.24, 2.45) is 11.8 Å². The van der Waals surface area contributed by atoms with Crippen molar-refractivity contribution in [1.29, 1.82) is 0 Å². The Bertz CT molecular complexity index is 508. The topological polar surface area (TPSA) is 52.6 Å². The number of benzene rings is 1. The first-order valence-electron chi connectivity index (χ1n) is 8.09. The summed E-state index contributed by atoms with van der Waals surface area (Å²) in [5, 5.41) is 12.3. The number of nitrogens with zero attached hydrogens (tertiary/aromatic N) is 1. The number of carbonyl (C=O) groups excluding carboxylic acids is 1. The first-order chi connectivity index (χ1) is 10.7. The Kier molecular flexibility index (Phi) is 4.62. The largest absolute Gasteiger partial charge is 0.396 e. The van der Waals surface area contributed by atoms with Gasteiger partial charge in [-0.3, -0.25) is 0 Å². The van der Waals surface area contributed by atoms with Crippen molar-refractivity contribution >= 4 is 6.03 Å². The first-order valence-corrected chi connectivity index (χ1v) is 8.09. The van der Waals surface area contributed by atoms with Crippen molar-refractivity contribution in [3.63, 3.8) is 0 Å². The van der Waals surface area contributed by atoms with Crippen LogP contribution in [0.3, 0.4) is 0 Å². The summed E-state index contributed by atoms with van der Waals surface area (Å²) in [6, 6.07) is 6.35. The molecule has 0 bridgehead atoms. The van der Waals surface area contributed by atoms with E-state index < -0.39 is 0 Å². The molecule has 3 rings (SSSR count). The fourth-order valence-corrected chi connectivity index (χ4v) is 3.12. The Morgan fingerprint density at radius 3 is 2.41 bits per heavy atom. The van der Waals surface area contributed by atoms with Crippen molar-refractivity contribution in [3.05, 3.63) is 35.6 Å². The van der Waals surface area contributed by atoms with Crippen LogP contribution in [0.15, 0.2) is 24.3 Å². The molecule has 0 radical (unpaired) electrons. The van der Waals surface area contributed by atoms with Gasteiger partial charge >= 0.3 is 6.03 Å². The highest BCUT2D eigenvalue weighted by atomic mass is 19.1. The predicted octanol–water partition coefficient (Wildman–Crippen LogP) is 2.69. The molecule has 2 fully saturated rings. The minimum absolute atomic E-state index is 0.0244. The van der Waals surface area contributed by atoms with Gasteiger partial charge in [0.15, 0.2) is 0 Å². The van der Waals surface area contributed by atoms with E-state index in [-0.39, 0.29) is 24.5 Å². The number of aliphatic hydroxyl groups excluding tert-OH is 1. The quantitative estimate of drug-likeness (QED) is 0.898. The summed E-state index contributed by atoms with van der Waals surface area (Å²) in [5.41, 5.74) is 0.975. The normalized spacial score (nSPS) is 20.7. The van der Waals surface area contributed by atoms with Crippen LogP contribution >= 0.6 is 0 Å². The van der Waals surface area contributed by atoms with E-state index in [0.29, 0.717) is 24.9 Å². The molecule has 4 nitrogen and oxygen atoms in total. The number of hydrogen-bond donors (Lipinski definition) is 2. The molecule has 2 N–H and O–H groups in total. The summed E-state index contributed by atoms with van der Waals surface area (Å²) in [4.78, 5) is 14.3. The van der Waals surface area contributed by atoms with E-state index in [1.165, 1.54) is 12.1 Å². The fraction of sp³-hybridized carbons (Fsp3) is 0.588. The third-order valence-electron chi connectivity index (χ3n) is 4.76. The van der Waals surface area contributed by atoms with Gasteiger partial charge in [-0.25, -0.2) is 9.18 Å². The standard InChI is InChI=1S/C17H23FN2O2/c18-15-5-3-14(4-6-15)16(13-1-2-13)19-17(22)20-9-7-12(11-21)8-10-20/h3-6,12-13,16,21H,1-2,7-11H2,(H,19,22). The molecule has 5 heteroatoms. The van der Waals surface area contributed by atoms with Crippen LogP contribution in [-0.4, -0.2) is 35.7 Å². The van der Waals surface area contributed by atoms with Gasteiger partial charge in [0, 0.05) is 19.7 Å². The average molecular weight is 306 g/mol. The fourth-order valence-electron chi connectivity index (χ4n) is 3.12. The number of urea groups is 1. The Morgan fingerprint density at radius 1 is 1.23 bits per heavy atom. The Morgan fingerprint density at radius 2 is 1.86 bits per heavy atom. The van der Waals surface area contributed by atoms with Crippen LogP contribution < -0.4 is 5.32 Å². The maximum Gasteiger partial charge on any atom is 0.317 e. The molecular weight excluding hydrogens is 283 g/mol. The van der Waals surface area contributed by atoms with E-state index in [2.05, 4.69) is 5.32 Å². The predicted molar refractivity (Wildman–Crippen MR) is 81.8 cm³/mol. The molecule has 22 heavy (non-hydrogen) atoms. The number of carbonyl (C=O) groups is 1. The van der Waals surface area contributed by atoms with E-state index >= 15 is 0 Å². The van der Waals surface area contributed by atoms with Crippen molar-refractivity contribution in [2.75, 3.05) is 19.7 Å². The van der Waals surface area contributed by atoms with E-state index in [1.807, 2.05) is 4.90 Å². The van der Waals surface area contributed by atoms with E-state index in [9.17, 15) is 9.18 Å². The van der Waals surface area contributed by atoms with Gasteiger partial charge in [-0.1, -0.05) is 12.1 Å². The van der Waals surface area contributed by atoms with Gasteiger partial charge < -0.3 is 15.3 Å². The SMILES string of the molecule is O=C(NC(c1ccc(F)cc1)C1CC1)N1CCC(CO)CC1. The average Bonchev–Trinajstić information content (AvgIpc) is 3.38. The lowest BCUT2D eigenvalue weighted by molar-refractivity contribution is 0.135. The number of aliphatic hydroxyl groups is 1. The molecule has 2 aliphatic rings. The smallest absolute Gasteiger partial charge is 0.317 e. The molecule has 1 aliphatic heterocycles.